The molecule has 3 unspecified atom stereocenters. The van der Waals surface area contributed by atoms with Crippen LogP contribution in [-0.2, 0) is 10.2 Å². The van der Waals surface area contributed by atoms with Crippen LogP contribution in [0, 0.1) is 11.8 Å². The maximum Gasteiger partial charge on any atom is 0.280 e. The van der Waals surface area contributed by atoms with Crippen LogP contribution in [-0.4, -0.2) is 43.9 Å². The number of hydrogen-bond acceptors (Lipinski definition) is 3. The molecule has 0 saturated carbocycles. The van der Waals surface area contributed by atoms with Crippen LogP contribution in [0.2, 0.25) is 0 Å². The molecule has 2 N–H and O–H groups in total. The number of fused-ring (bicyclic) bond motifs is 1. The zero-order chi connectivity index (χ0) is 12.8. The van der Waals surface area contributed by atoms with Crippen LogP contribution in [0.1, 0.15) is 27.7 Å². The Morgan fingerprint density at radius 1 is 1.29 bits per heavy atom. The standard InChI is InChI=1S/C11H23N3O2S/c1-8-10-6-12-5-9(10)7-14(8)17(15,16)13-11(2,3)4/h8-10,12-13H,5-7H2,1-4H3. The Balaban J connectivity index is 2.13. The minimum atomic E-state index is -3.35. The Bertz CT molecular complexity index is 388. The van der Waals surface area contributed by atoms with Crippen LogP contribution in [0.15, 0.2) is 0 Å². The fourth-order valence-corrected chi connectivity index (χ4v) is 4.76. The van der Waals surface area contributed by atoms with Gasteiger partial charge in [0.25, 0.3) is 10.2 Å². The lowest BCUT2D eigenvalue weighted by atomic mass is 9.95. The van der Waals surface area contributed by atoms with Crippen LogP contribution in [0.5, 0.6) is 0 Å². The molecule has 0 aliphatic carbocycles. The average Bonchev–Trinajstić information content (AvgIpc) is 2.64. The fraction of sp³-hybridized carbons (Fsp3) is 1.00. The number of hydrogen-bond donors (Lipinski definition) is 2. The smallest absolute Gasteiger partial charge is 0.280 e. The normalized spacial score (nSPS) is 35.2. The fourth-order valence-electron chi connectivity index (χ4n) is 2.89. The number of nitrogens with one attached hydrogen (secondary N) is 2. The van der Waals surface area contributed by atoms with Crippen LogP contribution < -0.4 is 10.0 Å². The van der Waals surface area contributed by atoms with E-state index in [-0.39, 0.29) is 6.04 Å². The number of rotatable bonds is 2. The van der Waals surface area contributed by atoms with Gasteiger partial charge in [0.15, 0.2) is 0 Å². The van der Waals surface area contributed by atoms with Crippen molar-refractivity contribution in [2.45, 2.75) is 39.3 Å². The first-order valence-corrected chi connectivity index (χ1v) is 7.66. The first kappa shape index (κ1) is 13.3. The van der Waals surface area contributed by atoms with Crippen LogP contribution in [0.4, 0.5) is 0 Å². The predicted molar refractivity (Wildman–Crippen MR) is 67.8 cm³/mol. The monoisotopic (exact) mass is 261 g/mol. The van der Waals surface area contributed by atoms with Gasteiger partial charge in [0, 0.05) is 18.1 Å². The molecule has 2 rings (SSSR count). The average molecular weight is 261 g/mol. The van der Waals surface area contributed by atoms with E-state index in [0.717, 1.165) is 13.1 Å². The summed E-state index contributed by atoms with van der Waals surface area (Å²) in [5.74, 6) is 0.938. The van der Waals surface area contributed by atoms with E-state index in [1.54, 1.807) is 4.31 Å². The molecule has 0 amide bonds. The second kappa shape index (κ2) is 4.19. The molecule has 2 heterocycles. The van der Waals surface area contributed by atoms with Gasteiger partial charge in [0.05, 0.1) is 0 Å². The zero-order valence-corrected chi connectivity index (χ0v) is 11.8. The van der Waals surface area contributed by atoms with Gasteiger partial charge in [-0.3, -0.25) is 0 Å². The largest absolute Gasteiger partial charge is 0.316 e. The lowest BCUT2D eigenvalue weighted by Crippen LogP contribution is -2.51. The summed E-state index contributed by atoms with van der Waals surface area (Å²) in [6.07, 6.45) is 0. The van der Waals surface area contributed by atoms with Crippen molar-refractivity contribution in [3.05, 3.63) is 0 Å². The Labute approximate surface area is 104 Å². The molecular formula is C11H23N3O2S. The second-order valence-electron chi connectivity index (χ2n) is 6.25. The van der Waals surface area contributed by atoms with Gasteiger partial charge in [0.2, 0.25) is 0 Å². The van der Waals surface area contributed by atoms with Gasteiger partial charge in [-0.2, -0.15) is 17.4 Å². The minimum absolute atomic E-state index is 0.0925. The highest BCUT2D eigenvalue weighted by atomic mass is 32.2. The van der Waals surface area contributed by atoms with E-state index in [0.29, 0.717) is 18.4 Å². The molecule has 100 valence electrons. The van der Waals surface area contributed by atoms with Crippen molar-refractivity contribution in [3.63, 3.8) is 0 Å². The Morgan fingerprint density at radius 2 is 1.94 bits per heavy atom. The SMILES string of the molecule is CC1C2CNCC2CN1S(=O)(=O)NC(C)(C)C. The third kappa shape index (κ3) is 2.65. The molecule has 6 heteroatoms. The van der Waals surface area contributed by atoms with E-state index >= 15 is 0 Å². The molecule has 2 saturated heterocycles. The highest BCUT2D eigenvalue weighted by Gasteiger charge is 2.46. The second-order valence-corrected chi connectivity index (χ2v) is 7.87. The van der Waals surface area contributed by atoms with Crippen molar-refractivity contribution in [3.8, 4) is 0 Å². The molecule has 5 nitrogen and oxygen atoms in total. The lowest BCUT2D eigenvalue weighted by molar-refractivity contribution is 0.345. The molecule has 0 radical (unpaired) electrons. The van der Waals surface area contributed by atoms with Gasteiger partial charge in [-0.25, -0.2) is 0 Å². The van der Waals surface area contributed by atoms with Crippen molar-refractivity contribution in [2.24, 2.45) is 11.8 Å². The summed E-state index contributed by atoms with van der Waals surface area (Å²) in [5, 5.41) is 3.33. The summed E-state index contributed by atoms with van der Waals surface area (Å²) in [5.41, 5.74) is -0.422. The third-order valence-electron chi connectivity index (χ3n) is 3.62. The maximum absolute atomic E-state index is 12.3. The minimum Gasteiger partial charge on any atom is -0.316 e. The first-order valence-electron chi connectivity index (χ1n) is 6.22. The Morgan fingerprint density at radius 3 is 2.47 bits per heavy atom. The molecule has 17 heavy (non-hydrogen) atoms. The van der Waals surface area contributed by atoms with Gasteiger partial charge >= 0.3 is 0 Å². The van der Waals surface area contributed by atoms with Gasteiger partial charge in [-0.1, -0.05) is 0 Å². The van der Waals surface area contributed by atoms with E-state index < -0.39 is 15.7 Å². The summed E-state index contributed by atoms with van der Waals surface area (Å²) in [6, 6.07) is 0.0925. The Hall–Kier alpha value is -0.170. The summed E-state index contributed by atoms with van der Waals surface area (Å²) in [7, 11) is -3.35. The summed E-state index contributed by atoms with van der Waals surface area (Å²) in [4.78, 5) is 0. The van der Waals surface area contributed by atoms with Gasteiger partial charge < -0.3 is 5.32 Å². The quantitative estimate of drug-likeness (QED) is 0.744. The van der Waals surface area contributed by atoms with E-state index in [9.17, 15) is 8.42 Å². The van der Waals surface area contributed by atoms with Gasteiger partial charge in [0.1, 0.15) is 0 Å². The highest BCUT2D eigenvalue weighted by Crippen LogP contribution is 2.33. The zero-order valence-electron chi connectivity index (χ0n) is 11.0. The predicted octanol–water partition coefficient (Wildman–Crippen LogP) is 0.159. The molecule has 3 atom stereocenters. The molecule has 2 fully saturated rings. The van der Waals surface area contributed by atoms with Crippen molar-refractivity contribution in [1.29, 1.82) is 0 Å². The van der Waals surface area contributed by atoms with Gasteiger partial charge in [-0.05, 0) is 52.6 Å². The van der Waals surface area contributed by atoms with Crippen molar-refractivity contribution >= 4 is 10.2 Å². The molecule has 0 spiro atoms. The molecule has 0 aromatic carbocycles. The first-order chi connectivity index (χ1) is 7.71. The third-order valence-corrected chi connectivity index (χ3v) is 5.59. The summed E-state index contributed by atoms with van der Waals surface area (Å²) in [6.45, 7) is 10.1. The van der Waals surface area contributed by atoms with Gasteiger partial charge in [-0.15, -0.1) is 0 Å². The molecular weight excluding hydrogens is 238 g/mol. The van der Waals surface area contributed by atoms with Crippen LogP contribution in [0.3, 0.4) is 0 Å². The van der Waals surface area contributed by atoms with E-state index in [1.165, 1.54) is 0 Å². The topological polar surface area (TPSA) is 61.4 Å². The van der Waals surface area contributed by atoms with Crippen LogP contribution in [0.25, 0.3) is 0 Å². The Kier molecular flexibility index (Phi) is 3.27. The summed E-state index contributed by atoms with van der Waals surface area (Å²) >= 11 is 0. The maximum atomic E-state index is 12.3. The highest BCUT2D eigenvalue weighted by molar-refractivity contribution is 7.87. The van der Waals surface area contributed by atoms with E-state index in [1.807, 2.05) is 27.7 Å². The lowest BCUT2D eigenvalue weighted by Gasteiger charge is -2.28. The van der Waals surface area contributed by atoms with Crippen LogP contribution >= 0.6 is 0 Å². The molecule has 0 aromatic rings. The molecule has 2 aliphatic rings. The van der Waals surface area contributed by atoms with E-state index in [2.05, 4.69) is 10.0 Å². The van der Waals surface area contributed by atoms with E-state index in [4.69, 9.17) is 0 Å². The number of nitrogens with zero attached hydrogens (tertiary/aromatic N) is 1. The molecule has 0 bridgehead atoms. The van der Waals surface area contributed by atoms with Crippen molar-refractivity contribution < 1.29 is 8.42 Å². The summed E-state index contributed by atoms with van der Waals surface area (Å²) < 4.78 is 28.9. The molecule has 2 aliphatic heterocycles. The molecule has 0 aromatic heterocycles. The van der Waals surface area contributed by atoms with Crippen molar-refractivity contribution in [1.82, 2.24) is 14.3 Å². The van der Waals surface area contributed by atoms with Crippen molar-refractivity contribution in [2.75, 3.05) is 19.6 Å².